The van der Waals surface area contributed by atoms with Crippen LogP contribution in [-0.4, -0.2) is 31.5 Å². The topological polar surface area (TPSA) is 129 Å². The Hall–Kier alpha value is -3.40. The van der Waals surface area contributed by atoms with E-state index in [-0.39, 0.29) is 17.1 Å². The molecular weight excluding hydrogens is 380 g/mol. The standard InChI is InChI=1S/C18H18N6O3S/c1-11-3-6-13(7-4-11)17-21-22-18(23(17)19)28-10-16(25)20-14-8-5-12(2)9-15(14)24(26)27/h3-9H,10,19H2,1-2H3,(H,20,25). The highest BCUT2D eigenvalue weighted by atomic mass is 32.2. The number of nitro groups is 1. The fraction of sp³-hybridized carbons (Fsp3) is 0.167. The van der Waals surface area contributed by atoms with Gasteiger partial charge in [-0.15, -0.1) is 10.2 Å². The van der Waals surface area contributed by atoms with Crippen LogP contribution in [0.4, 0.5) is 11.4 Å². The summed E-state index contributed by atoms with van der Waals surface area (Å²) in [4.78, 5) is 22.8. The van der Waals surface area contributed by atoms with Crippen LogP contribution in [0.15, 0.2) is 47.6 Å². The second-order valence-electron chi connectivity index (χ2n) is 6.16. The molecular formula is C18H18N6O3S. The average molecular weight is 398 g/mol. The zero-order valence-electron chi connectivity index (χ0n) is 15.2. The largest absolute Gasteiger partial charge is 0.335 e. The van der Waals surface area contributed by atoms with Crippen molar-refractivity contribution in [2.75, 3.05) is 16.9 Å². The number of aryl methyl sites for hydroxylation is 2. The van der Waals surface area contributed by atoms with Gasteiger partial charge in [0.1, 0.15) is 5.69 Å². The third kappa shape index (κ3) is 4.29. The van der Waals surface area contributed by atoms with Crippen molar-refractivity contribution in [3.8, 4) is 11.4 Å². The predicted octanol–water partition coefficient (Wildman–Crippen LogP) is 2.91. The summed E-state index contributed by atoms with van der Waals surface area (Å²) in [5.41, 5.74) is 2.66. The van der Waals surface area contributed by atoms with Gasteiger partial charge in [0, 0.05) is 11.6 Å². The van der Waals surface area contributed by atoms with Crippen molar-refractivity contribution in [2.45, 2.75) is 19.0 Å². The first kappa shape index (κ1) is 19.4. The summed E-state index contributed by atoms with van der Waals surface area (Å²) in [5.74, 6) is 6.10. The van der Waals surface area contributed by atoms with Gasteiger partial charge in [-0.2, -0.15) is 0 Å². The van der Waals surface area contributed by atoms with Gasteiger partial charge in [-0.1, -0.05) is 47.7 Å². The predicted molar refractivity (Wildman–Crippen MR) is 108 cm³/mol. The van der Waals surface area contributed by atoms with E-state index in [9.17, 15) is 14.9 Å². The van der Waals surface area contributed by atoms with E-state index in [4.69, 9.17) is 5.84 Å². The lowest BCUT2D eigenvalue weighted by Gasteiger charge is -2.07. The Morgan fingerprint density at radius 3 is 2.54 bits per heavy atom. The molecule has 0 radical (unpaired) electrons. The number of nitrogens with two attached hydrogens (primary N) is 1. The van der Waals surface area contributed by atoms with Gasteiger partial charge >= 0.3 is 0 Å². The number of nitrogen functional groups attached to an aromatic ring is 1. The molecule has 3 aromatic rings. The van der Waals surface area contributed by atoms with E-state index in [0.29, 0.717) is 11.0 Å². The summed E-state index contributed by atoms with van der Waals surface area (Å²) in [5, 5.41) is 22.2. The van der Waals surface area contributed by atoms with Crippen LogP contribution in [0.5, 0.6) is 0 Å². The molecule has 144 valence electrons. The van der Waals surface area contributed by atoms with Crippen LogP contribution < -0.4 is 11.2 Å². The summed E-state index contributed by atoms with van der Waals surface area (Å²) in [6, 6.07) is 12.3. The van der Waals surface area contributed by atoms with Gasteiger partial charge in [-0.3, -0.25) is 14.9 Å². The third-order valence-corrected chi connectivity index (χ3v) is 4.87. The van der Waals surface area contributed by atoms with E-state index in [1.54, 1.807) is 13.0 Å². The second-order valence-corrected chi connectivity index (χ2v) is 7.10. The van der Waals surface area contributed by atoms with E-state index >= 15 is 0 Å². The molecule has 0 fully saturated rings. The number of nitrogens with one attached hydrogen (secondary N) is 1. The van der Waals surface area contributed by atoms with Crippen LogP contribution in [0.1, 0.15) is 11.1 Å². The molecule has 0 saturated carbocycles. The van der Waals surface area contributed by atoms with Crippen LogP contribution in [0.2, 0.25) is 0 Å². The number of benzene rings is 2. The van der Waals surface area contributed by atoms with Crippen LogP contribution in [-0.2, 0) is 4.79 Å². The van der Waals surface area contributed by atoms with Crippen LogP contribution >= 0.6 is 11.8 Å². The minimum Gasteiger partial charge on any atom is -0.335 e. The van der Waals surface area contributed by atoms with Gasteiger partial charge < -0.3 is 11.2 Å². The first-order valence-corrected chi connectivity index (χ1v) is 9.29. The minimum atomic E-state index is -0.528. The highest BCUT2D eigenvalue weighted by Crippen LogP contribution is 2.26. The number of anilines is 1. The second kappa shape index (κ2) is 8.09. The molecule has 0 unspecified atom stereocenters. The zero-order valence-corrected chi connectivity index (χ0v) is 16.1. The number of rotatable bonds is 6. The number of carbonyl (C=O) groups is 1. The molecule has 0 atom stereocenters. The normalized spacial score (nSPS) is 10.6. The smallest absolute Gasteiger partial charge is 0.293 e. The van der Waals surface area contributed by atoms with E-state index in [1.165, 1.54) is 16.8 Å². The number of hydrogen-bond acceptors (Lipinski definition) is 7. The molecule has 2 aromatic carbocycles. The lowest BCUT2D eigenvalue weighted by Crippen LogP contribution is -2.17. The van der Waals surface area contributed by atoms with Gasteiger partial charge in [0.2, 0.25) is 11.1 Å². The van der Waals surface area contributed by atoms with Crippen molar-refractivity contribution in [1.82, 2.24) is 14.9 Å². The summed E-state index contributed by atoms with van der Waals surface area (Å²) in [7, 11) is 0. The Morgan fingerprint density at radius 1 is 1.18 bits per heavy atom. The first-order chi connectivity index (χ1) is 13.3. The molecule has 0 bridgehead atoms. The Morgan fingerprint density at radius 2 is 1.86 bits per heavy atom. The summed E-state index contributed by atoms with van der Waals surface area (Å²) < 4.78 is 1.32. The fourth-order valence-corrected chi connectivity index (χ4v) is 3.15. The fourth-order valence-electron chi connectivity index (χ4n) is 2.49. The number of nitrogens with zero attached hydrogens (tertiary/aromatic N) is 4. The maximum atomic E-state index is 12.2. The SMILES string of the molecule is Cc1ccc(-c2nnc(SCC(=O)Nc3ccc(C)cc3[N+](=O)[O-])n2N)cc1. The highest BCUT2D eigenvalue weighted by molar-refractivity contribution is 7.99. The van der Waals surface area contributed by atoms with Crippen molar-refractivity contribution in [3.05, 3.63) is 63.7 Å². The number of carbonyl (C=O) groups excluding carboxylic acids is 1. The maximum Gasteiger partial charge on any atom is 0.293 e. The zero-order chi connectivity index (χ0) is 20.3. The molecule has 3 N–H and O–H groups in total. The van der Waals surface area contributed by atoms with E-state index in [0.717, 1.165) is 28.5 Å². The molecule has 0 aliphatic carbocycles. The Bertz CT molecular complexity index is 1030. The quantitative estimate of drug-likeness (QED) is 0.283. The summed E-state index contributed by atoms with van der Waals surface area (Å²) in [6.45, 7) is 3.73. The van der Waals surface area contributed by atoms with E-state index in [2.05, 4.69) is 15.5 Å². The summed E-state index contributed by atoms with van der Waals surface area (Å²) in [6.07, 6.45) is 0. The monoisotopic (exact) mass is 398 g/mol. The number of nitro benzene ring substituents is 1. The molecule has 0 aliphatic heterocycles. The van der Waals surface area contributed by atoms with Crippen molar-refractivity contribution < 1.29 is 9.72 Å². The van der Waals surface area contributed by atoms with Crippen LogP contribution in [0.3, 0.4) is 0 Å². The molecule has 1 aromatic heterocycles. The van der Waals surface area contributed by atoms with Gasteiger partial charge in [0.05, 0.1) is 10.7 Å². The van der Waals surface area contributed by atoms with Gasteiger partial charge in [-0.25, -0.2) is 4.68 Å². The Labute approximate surface area is 165 Å². The molecule has 0 saturated heterocycles. The van der Waals surface area contributed by atoms with Crippen molar-refractivity contribution in [2.24, 2.45) is 0 Å². The Balaban J connectivity index is 1.67. The molecule has 9 nitrogen and oxygen atoms in total. The lowest BCUT2D eigenvalue weighted by molar-refractivity contribution is -0.384. The van der Waals surface area contributed by atoms with Crippen molar-refractivity contribution in [1.29, 1.82) is 0 Å². The Kier molecular flexibility index (Phi) is 5.59. The first-order valence-electron chi connectivity index (χ1n) is 8.30. The highest BCUT2D eigenvalue weighted by Gasteiger charge is 2.18. The van der Waals surface area contributed by atoms with Crippen LogP contribution in [0, 0.1) is 24.0 Å². The molecule has 10 heteroatoms. The molecule has 0 spiro atoms. The van der Waals surface area contributed by atoms with Gasteiger partial charge in [0.25, 0.3) is 5.69 Å². The number of thioether (sulfide) groups is 1. The molecule has 3 rings (SSSR count). The minimum absolute atomic E-state index is 0.0196. The lowest BCUT2D eigenvalue weighted by atomic mass is 10.1. The van der Waals surface area contributed by atoms with Gasteiger partial charge in [-0.05, 0) is 25.5 Å². The van der Waals surface area contributed by atoms with Crippen LogP contribution in [0.25, 0.3) is 11.4 Å². The molecule has 1 amide bonds. The number of hydrogen-bond donors (Lipinski definition) is 2. The summed E-state index contributed by atoms with van der Waals surface area (Å²) >= 11 is 1.09. The third-order valence-electron chi connectivity index (χ3n) is 3.93. The average Bonchev–Trinajstić information content (AvgIpc) is 3.02. The number of amides is 1. The van der Waals surface area contributed by atoms with Crippen molar-refractivity contribution >= 4 is 29.0 Å². The number of aromatic nitrogens is 3. The van der Waals surface area contributed by atoms with E-state index < -0.39 is 10.8 Å². The molecule has 0 aliphatic rings. The van der Waals surface area contributed by atoms with Crippen molar-refractivity contribution in [3.63, 3.8) is 0 Å². The maximum absolute atomic E-state index is 12.2. The van der Waals surface area contributed by atoms with E-state index in [1.807, 2.05) is 31.2 Å². The molecule has 1 heterocycles. The van der Waals surface area contributed by atoms with Gasteiger partial charge in [0.15, 0.2) is 5.82 Å². The molecule has 28 heavy (non-hydrogen) atoms.